The molecule has 0 saturated heterocycles. The van der Waals surface area contributed by atoms with Gasteiger partial charge in [-0.25, -0.2) is 17.8 Å². The van der Waals surface area contributed by atoms with Crippen molar-refractivity contribution in [3.05, 3.63) is 35.5 Å². The molecule has 0 amide bonds. The smallest absolute Gasteiger partial charge is 0.240 e. The molecule has 27 heavy (non-hydrogen) atoms. The predicted molar refractivity (Wildman–Crippen MR) is 107 cm³/mol. The Bertz CT molecular complexity index is 939. The summed E-state index contributed by atoms with van der Waals surface area (Å²) in [6.45, 7) is 9.55. The van der Waals surface area contributed by atoms with Crippen LogP contribution in [0.4, 0.5) is 0 Å². The van der Waals surface area contributed by atoms with Crippen molar-refractivity contribution in [2.45, 2.75) is 44.2 Å². The van der Waals surface area contributed by atoms with Gasteiger partial charge >= 0.3 is 0 Å². The molecule has 0 saturated carbocycles. The molecule has 0 unspecified atom stereocenters. The second kappa shape index (κ2) is 8.35. The lowest BCUT2D eigenvalue weighted by atomic mass is 10.1. The third-order valence-corrected chi connectivity index (χ3v) is 7.35. The molecule has 0 fully saturated rings. The molecule has 7 nitrogen and oxygen atoms in total. The Morgan fingerprint density at radius 1 is 1.26 bits per heavy atom. The lowest BCUT2D eigenvalue weighted by Crippen LogP contribution is -2.22. The number of hydrogen-bond acceptors (Lipinski definition) is 5. The van der Waals surface area contributed by atoms with Gasteiger partial charge in [-0.2, -0.15) is 10.4 Å². The van der Waals surface area contributed by atoms with Gasteiger partial charge < -0.3 is 4.74 Å². The van der Waals surface area contributed by atoms with E-state index in [2.05, 4.69) is 35.5 Å². The largest absolute Gasteiger partial charge is 0.359 e. The van der Waals surface area contributed by atoms with E-state index in [1.54, 1.807) is 16.8 Å². The van der Waals surface area contributed by atoms with E-state index >= 15 is 0 Å². The first-order valence-corrected chi connectivity index (χ1v) is 13.9. The van der Waals surface area contributed by atoms with Crippen LogP contribution < -0.4 is 4.72 Å². The molecule has 146 valence electrons. The zero-order chi connectivity index (χ0) is 20.2. The maximum Gasteiger partial charge on any atom is 0.240 e. The molecule has 0 bridgehead atoms. The highest BCUT2D eigenvalue weighted by molar-refractivity contribution is 7.89. The van der Waals surface area contributed by atoms with E-state index in [0.717, 1.165) is 17.2 Å². The summed E-state index contributed by atoms with van der Waals surface area (Å²) in [5, 5.41) is 14.0. The molecule has 1 aromatic carbocycles. The van der Waals surface area contributed by atoms with Gasteiger partial charge in [-0.15, -0.1) is 0 Å². The van der Waals surface area contributed by atoms with E-state index in [1.807, 2.05) is 6.92 Å². The van der Waals surface area contributed by atoms with Gasteiger partial charge in [0.25, 0.3) is 0 Å². The normalized spacial score (nSPS) is 12.1. The first-order valence-electron chi connectivity index (χ1n) is 8.68. The predicted octanol–water partition coefficient (Wildman–Crippen LogP) is 2.95. The summed E-state index contributed by atoms with van der Waals surface area (Å²) in [7, 11) is -3.29. The summed E-state index contributed by atoms with van der Waals surface area (Å²) in [4.78, 5) is 0.182. The summed E-state index contributed by atoms with van der Waals surface area (Å²) in [6, 6.07) is 9.66. The van der Waals surface area contributed by atoms with Crippen LogP contribution in [0.3, 0.4) is 0 Å². The highest BCUT2D eigenvalue weighted by Gasteiger charge is 2.18. The number of benzene rings is 1. The van der Waals surface area contributed by atoms with E-state index in [-0.39, 0.29) is 11.6 Å². The Morgan fingerprint density at radius 2 is 1.89 bits per heavy atom. The Balaban J connectivity index is 2.23. The molecular formula is C18H26N4O3SSi. The molecule has 0 atom stereocenters. The molecule has 0 radical (unpaired) electrons. The first kappa shape index (κ1) is 21.3. The van der Waals surface area contributed by atoms with Gasteiger partial charge in [0.05, 0.1) is 10.6 Å². The van der Waals surface area contributed by atoms with Crippen molar-refractivity contribution in [1.82, 2.24) is 14.5 Å². The second-order valence-corrected chi connectivity index (χ2v) is 15.0. The molecule has 2 aromatic rings. The molecular weight excluding hydrogens is 380 g/mol. The SMILES string of the molecule is CNS(=O)(=O)c1ccc(-c2nn(COCC[Si](C)(C)C)c(C#N)c2C)cc1. The first-order chi connectivity index (χ1) is 12.6. The van der Waals surface area contributed by atoms with Crippen LogP contribution in [-0.2, 0) is 21.5 Å². The fraction of sp³-hybridized carbons (Fsp3) is 0.444. The van der Waals surface area contributed by atoms with Crippen molar-refractivity contribution in [2.24, 2.45) is 0 Å². The summed E-state index contributed by atoms with van der Waals surface area (Å²) < 4.78 is 33.3. The number of aromatic nitrogens is 2. The van der Waals surface area contributed by atoms with Crippen LogP contribution in [0.1, 0.15) is 11.3 Å². The Labute approximate surface area is 162 Å². The highest BCUT2D eigenvalue weighted by Crippen LogP contribution is 2.26. The van der Waals surface area contributed by atoms with E-state index in [9.17, 15) is 13.7 Å². The molecule has 1 aromatic heterocycles. The van der Waals surface area contributed by atoms with Crippen LogP contribution in [0.25, 0.3) is 11.3 Å². The summed E-state index contributed by atoms with van der Waals surface area (Å²) >= 11 is 0. The monoisotopic (exact) mass is 406 g/mol. The quantitative estimate of drug-likeness (QED) is 0.537. The van der Waals surface area contributed by atoms with Gasteiger partial charge in [-0.05, 0) is 32.1 Å². The number of rotatable bonds is 8. The van der Waals surface area contributed by atoms with Gasteiger partial charge in [0.15, 0.2) is 0 Å². The lowest BCUT2D eigenvalue weighted by Gasteiger charge is -2.15. The Kier molecular flexibility index (Phi) is 6.59. The zero-order valence-corrected chi connectivity index (χ0v) is 18.2. The van der Waals surface area contributed by atoms with E-state index in [1.165, 1.54) is 19.2 Å². The number of nitrogens with one attached hydrogen (secondary N) is 1. The minimum Gasteiger partial charge on any atom is -0.359 e. The van der Waals surface area contributed by atoms with Crippen LogP contribution in [-0.4, -0.2) is 39.9 Å². The number of nitriles is 1. The fourth-order valence-corrected chi connectivity index (χ4v) is 3.99. The third-order valence-electron chi connectivity index (χ3n) is 4.21. The van der Waals surface area contributed by atoms with Gasteiger partial charge in [-0.3, -0.25) is 0 Å². The van der Waals surface area contributed by atoms with Gasteiger partial charge in [0.1, 0.15) is 18.5 Å². The molecule has 0 spiro atoms. The highest BCUT2D eigenvalue weighted by atomic mass is 32.2. The molecule has 0 aliphatic carbocycles. The maximum atomic E-state index is 11.8. The van der Waals surface area contributed by atoms with Crippen LogP contribution >= 0.6 is 0 Å². The number of ether oxygens (including phenoxy) is 1. The minimum absolute atomic E-state index is 0.182. The Hall–Kier alpha value is -1.99. The van der Waals surface area contributed by atoms with Crippen molar-refractivity contribution in [3.8, 4) is 17.3 Å². The average molecular weight is 407 g/mol. The van der Waals surface area contributed by atoms with Gasteiger partial charge in [-0.1, -0.05) is 31.8 Å². The van der Waals surface area contributed by atoms with Crippen LogP contribution in [0.5, 0.6) is 0 Å². The third kappa shape index (κ3) is 5.26. The van der Waals surface area contributed by atoms with E-state index < -0.39 is 18.1 Å². The average Bonchev–Trinajstić information content (AvgIpc) is 2.93. The van der Waals surface area contributed by atoms with Gasteiger partial charge in [0.2, 0.25) is 10.0 Å². The molecule has 0 aliphatic rings. The standard InChI is InChI=1S/C18H26N4O3SSi/c1-14-17(12-19)22(13-25-10-11-27(3,4)5)21-18(14)15-6-8-16(9-7-15)26(23,24)20-2/h6-9,20H,10-11,13H2,1-5H3. The van der Waals surface area contributed by atoms with Crippen LogP contribution in [0, 0.1) is 18.3 Å². The summed E-state index contributed by atoms with van der Waals surface area (Å²) in [5.41, 5.74) is 2.59. The topological polar surface area (TPSA) is 97.0 Å². The fourth-order valence-electron chi connectivity index (χ4n) is 2.50. The molecule has 1 N–H and O–H groups in total. The van der Waals surface area contributed by atoms with Crippen LogP contribution in [0.15, 0.2) is 29.2 Å². The lowest BCUT2D eigenvalue weighted by molar-refractivity contribution is 0.0781. The van der Waals surface area contributed by atoms with Crippen molar-refractivity contribution >= 4 is 18.1 Å². The minimum atomic E-state index is -3.49. The Morgan fingerprint density at radius 3 is 2.41 bits per heavy atom. The molecule has 9 heteroatoms. The van der Waals surface area contributed by atoms with Crippen molar-refractivity contribution in [2.75, 3.05) is 13.7 Å². The molecule has 2 rings (SSSR count). The zero-order valence-electron chi connectivity index (χ0n) is 16.4. The second-order valence-electron chi connectivity index (χ2n) is 7.51. The number of sulfonamides is 1. The van der Waals surface area contributed by atoms with Crippen molar-refractivity contribution in [3.63, 3.8) is 0 Å². The van der Waals surface area contributed by atoms with Crippen LogP contribution in [0.2, 0.25) is 25.7 Å². The number of hydrogen-bond donors (Lipinski definition) is 1. The molecule has 1 heterocycles. The molecule has 0 aliphatic heterocycles. The van der Waals surface area contributed by atoms with Crippen molar-refractivity contribution in [1.29, 1.82) is 5.26 Å². The van der Waals surface area contributed by atoms with Gasteiger partial charge in [0, 0.05) is 25.8 Å². The summed E-state index contributed by atoms with van der Waals surface area (Å²) in [6.07, 6.45) is 0. The van der Waals surface area contributed by atoms with E-state index in [4.69, 9.17) is 4.74 Å². The summed E-state index contributed by atoms with van der Waals surface area (Å²) in [5.74, 6) is 0. The number of nitrogens with zero attached hydrogens (tertiary/aromatic N) is 3. The van der Waals surface area contributed by atoms with E-state index in [0.29, 0.717) is 18.0 Å². The van der Waals surface area contributed by atoms with Crippen molar-refractivity contribution < 1.29 is 13.2 Å². The maximum absolute atomic E-state index is 11.8.